The number of carbonyl (C=O) groups is 1. The highest BCUT2D eigenvalue weighted by Crippen LogP contribution is 2.20. The van der Waals surface area contributed by atoms with E-state index in [9.17, 15) is 9.59 Å². The standard InChI is InChI=1S/C21H27N3O3/c1-6-11-24(12-7-2)14-17-19(21(26)27-8-3)22-18-10-9-15(23(4)5)13-16(18)20(17)25/h6-7,9-10,13H,1-2,8,11-12,14H2,3-5H3,(H,22,25). The van der Waals surface area contributed by atoms with Crippen LogP contribution in [0.3, 0.4) is 0 Å². The van der Waals surface area contributed by atoms with E-state index in [1.807, 2.05) is 42.1 Å². The molecule has 0 fully saturated rings. The SMILES string of the molecule is C=CCN(CC=C)Cc1c(C(=O)OCC)[nH]c2ccc(N(C)C)cc2c1=O. The van der Waals surface area contributed by atoms with E-state index < -0.39 is 5.97 Å². The quantitative estimate of drug-likeness (QED) is 0.544. The molecule has 0 aliphatic heterocycles. The Labute approximate surface area is 159 Å². The first-order valence-corrected chi connectivity index (χ1v) is 8.90. The number of pyridine rings is 1. The average molecular weight is 369 g/mol. The van der Waals surface area contributed by atoms with Crippen molar-refractivity contribution in [2.24, 2.45) is 0 Å². The first-order valence-electron chi connectivity index (χ1n) is 8.90. The van der Waals surface area contributed by atoms with Gasteiger partial charge in [-0.2, -0.15) is 0 Å². The maximum Gasteiger partial charge on any atom is 0.355 e. The van der Waals surface area contributed by atoms with Gasteiger partial charge in [-0.25, -0.2) is 4.79 Å². The number of hydrogen-bond acceptors (Lipinski definition) is 5. The molecule has 0 bridgehead atoms. The minimum atomic E-state index is -0.527. The summed E-state index contributed by atoms with van der Waals surface area (Å²) in [5, 5.41) is 0.543. The van der Waals surface area contributed by atoms with Gasteiger partial charge >= 0.3 is 5.97 Å². The lowest BCUT2D eigenvalue weighted by atomic mass is 10.1. The van der Waals surface area contributed by atoms with Crippen molar-refractivity contribution in [2.45, 2.75) is 13.5 Å². The minimum Gasteiger partial charge on any atom is -0.461 e. The zero-order valence-electron chi connectivity index (χ0n) is 16.2. The lowest BCUT2D eigenvalue weighted by molar-refractivity contribution is 0.0517. The van der Waals surface area contributed by atoms with Crippen molar-refractivity contribution in [3.63, 3.8) is 0 Å². The molecule has 0 amide bonds. The number of rotatable bonds is 9. The predicted molar refractivity (Wildman–Crippen MR) is 111 cm³/mol. The van der Waals surface area contributed by atoms with Gasteiger partial charge < -0.3 is 14.6 Å². The Hall–Kier alpha value is -2.86. The van der Waals surface area contributed by atoms with Crippen LogP contribution < -0.4 is 10.3 Å². The molecule has 0 radical (unpaired) electrons. The number of H-pyrrole nitrogens is 1. The van der Waals surface area contributed by atoms with E-state index in [0.717, 1.165) is 5.69 Å². The van der Waals surface area contributed by atoms with Crippen LogP contribution >= 0.6 is 0 Å². The number of aromatic nitrogens is 1. The highest BCUT2D eigenvalue weighted by molar-refractivity contribution is 5.93. The molecule has 0 saturated carbocycles. The lowest BCUT2D eigenvalue weighted by Crippen LogP contribution is -2.30. The van der Waals surface area contributed by atoms with Crippen molar-refractivity contribution >= 4 is 22.6 Å². The summed E-state index contributed by atoms with van der Waals surface area (Å²) in [6.45, 7) is 10.9. The minimum absolute atomic E-state index is 0.173. The van der Waals surface area contributed by atoms with E-state index in [0.29, 0.717) is 36.1 Å². The van der Waals surface area contributed by atoms with Crippen LogP contribution in [0.15, 0.2) is 48.3 Å². The summed E-state index contributed by atoms with van der Waals surface area (Å²) >= 11 is 0. The fraction of sp³-hybridized carbons (Fsp3) is 0.333. The van der Waals surface area contributed by atoms with Crippen molar-refractivity contribution in [3.8, 4) is 0 Å². The number of hydrogen-bond donors (Lipinski definition) is 1. The second kappa shape index (κ2) is 9.19. The van der Waals surface area contributed by atoms with E-state index in [2.05, 4.69) is 18.1 Å². The number of nitrogens with one attached hydrogen (secondary N) is 1. The van der Waals surface area contributed by atoms with Crippen molar-refractivity contribution in [1.82, 2.24) is 9.88 Å². The third kappa shape index (κ3) is 4.65. The second-order valence-electron chi connectivity index (χ2n) is 6.42. The van der Waals surface area contributed by atoms with Crippen LogP contribution in [0, 0.1) is 0 Å². The van der Waals surface area contributed by atoms with Gasteiger partial charge in [0.25, 0.3) is 0 Å². The number of anilines is 1. The number of ether oxygens (including phenoxy) is 1. The molecule has 27 heavy (non-hydrogen) atoms. The highest BCUT2D eigenvalue weighted by atomic mass is 16.5. The molecule has 0 atom stereocenters. The van der Waals surface area contributed by atoms with E-state index in [1.165, 1.54) is 0 Å². The van der Waals surface area contributed by atoms with Gasteiger partial charge in [0.1, 0.15) is 5.69 Å². The molecule has 2 aromatic rings. The molecule has 1 aromatic heterocycles. The van der Waals surface area contributed by atoms with Crippen LogP contribution in [-0.2, 0) is 11.3 Å². The van der Waals surface area contributed by atoms with E-state index in [4.69, 9.17) is 4.74 Å². The summed E-state index contributed by atoms with van der Waals surface area (Å²) < 4.78 is 5.16. The molecule has 1 heterocycles. The number of carbonyl (C=O) groups excluding carboxylic acids is 1. The summed E-state index contributed by atoms with van der Waals surface area (Å²) in [6.07, 6.45) is 3.51. The molecule has 2 rings (SSSR count). The van der Waals surface area contributed by atoms with Crippen LogP contribution in [0.2, 0.25) is 0 Å². The van der Waals surface area contributed by atoms with Crippen molar-refractivity contribution in [1.29, 1.82) is 0 Å². The number of esters is 1. The zero-order valence-corrected chi connectivity index (χ0v) is 16.2. The fourth-order valence-electron chi connectivity index (χ4n) is 2.91. The third-order valence-electron chi connectivity index (χ3n) is 4.24. The summed E-state index contributed by atoms with van der Waals surface area (Å²) in [5.74, 6) is -0.527. The predicted octanol–water partition coefficient (Wildman–Crippen LogP) is 2.94. The molecular formula is C21H27N3O3. The molecule has 0 saturated heterocycles. The Morgan fingerprint density at radius 2 is 1.89 bits per heavy atom. The Bertz CT molecular complexity index is 889. The van der Waals surface area contributed by atoms with Crippen molar-refractivity contribution in [2.75, 3.05) is 38.7 Å². The van der Waals surface area contributed by atoms with E-state index in [1.54, 1.807) is 19.1 Å². The Morgan fingerprint density at radius 1 is 1.22 bits per heavy atom. The Morgan fingerprint density at radius 3 is 2.44 bits per heavy atom. The lowest BCUT2D eigenvalue weighted by Gasteiger charge is -2.20. The largest absolute Gasteiger partial charge is 0.461 e. The van der Waals surface area contributed by atoms with Gasteiger partial charge in [-0.3, -0.25) is 9.69 Å². The maximum atomic E-state index is 13.3. The molecule has 144 valence electrons. The Kier molecular flexibility index (Phi) is 6.96. The van der Waals surface area contributed by atoms with Crippen LogP contribution in [-0.4, -0.2) is 49.6 Å². The summed E-state index contributed by atoms with van der Waals surface area (Å²) in [7, 11) is 3.83. The maximum absolute atomic E-state index is 13.3. The molecule has 6 nitrogen and oxygen atoms in total. The van der Waals surface area contributed by atoms with Gasteiger partial charge in [0.15, 0.2) is 5.43 Å². The molecular weight excluding hydrogens is 342 g/mol. The molecule has 6 heteroatoms. The van der Waals surface area contributed by atoms with Gasteiger partial charge in [-0.1, -0.05) is 12.2 Å². The highest BCUT2D eigenvalue weighted by Gasteiger charge is 2.21. The van der Waals surface area contributed by atoms with E-state index in [-0.39, 0.29) is 17.7 Å². The first-order chi connectivity index (χ1) is 12.9. The molecule has 0 aliphatic carbocycles. The molecule has 0 unspecified atom stereocenters. The second-order valence-corrected chi connectivity index (χ2v) is 6.42. The smallest absolute Gasteiger partial charge is 0.355 e. The number of aromatic amines is 1. The summed E-state index contributed by atoms with van der Waals surface area (Å²) in [6, 6.07) is 5.54. The van der Waals surface area contributed by atoms with Crippen LogP contribution in [0.4, 0.5) is 5.69 Å². The van der Waals surface area contributed by atoms with Gasteiger partial charge in [0.2, 0.25) is 0 Å². The van der Waals surface area contributed by atoms with Gasteiger partial charge in [-0.15, -0.1) is 13.2 Å². The number of fused-ring (bicyclic) bond motifs is 1. The molecule has 1 aromatic carbocycles. The van der Waals surface area contributed by atoms with Crippen molar-refractivity contribution < 1.29 is 9.53 Å². The van der Waals surface area contributed by atoms with Gasteiger partial charge in [-0.05, 0) is 25.1 Å². The molecule has 1 N–H and O–H groups in total. The summed E-state index contributed by atoms with van der Waals surface area (Å²) in [5.41, 5.74) is 1.94. The Balaban J connectivity index is 2.67. The number of benzene rings is 1. The van der Waals surface area contributed by atoms with E-state index >= 15 is 0 Å². The topological polar surface area (TPSA) is 65.6 Å². The third-order valence-corrected chi connectivity index (χ3v) is 4.24. The van der Waals surface area contributed by atoms with Crippen LogP contribution in [0.5, 0.6) is 0 Å². The van der Waals surface area contributed by atoms with Crippen LogP contribution in [0.25, 0.3) is 10.9 Å². The average Bonchev–Trinajstić information content (AvgIpc) is 2.64. The van der Waals surface area contributed by atoms with Gasteiger partial charge in [0, 0.05) is 50.4 Å². The first kappa shape index (κ1) is 20.5. The monoisotopic (exact) mass is 369 g/mol. The zero-order chi connectivity index (χ0) is 20.0. The molecule has 0 spiro atoms. The number of nitrogens with zero attached hydrogens (tertiary/aromatic N) is 2. The normalized spacial score (nSPS) is 10.8. The van der Waals surface area contributed by atoms with Crippen molar-refractivity contribution in [3.05, 3.63) is 65.0 Å². The van der Waals surface area contributed by atoms with Crippen LogP contribution in [0.1, 0.15) is 23.0 Å². The summed E-state index contributed by atoms with van der Waals surface area (Å²) in [4.78, 5) is 32.7. The fourth-order valence-corrected chi connectivity index (χ4v) is 2.91. The van der Waals surface area contributed by atoms with Gasteiger partial charge in [0.05, 0.1) is 12.1 Å². The molecule has 0 aliphatic rings.